The van der Waals surface area contributed by atoms with E-state index < -0.39 is 11.9 Å². The molecule has 0 spiro atoms. The average molecular weight is 354 g/mol. The number of carbonyl (C=O) groups is 2. The number of rotatable bonds is 5. The van der Waals surface area contributed by atoms with Crippen molar-refractivity contribution in [2.45, 2.75) is 6.92 Å². The smallest absolute Gasteiger partial charge is 0.359 e. The zero-order chi connectivity index (χ0) is 18.7. The third-order valence-corrected chi connectivity index (χ3v) is 3.88. The average Bonchev–Trinajstić information content (AvgIpc) is 3.07. The summed E-state index contributed by atoms with van der Waals surface area (Å²) < 4.78 is 16.7. The summed E-state index contributed by atoms with van der Waals surface area (Å²) in [4.78, 5) is 25.1. The molecule has 0 radical (unpaired) electrons. The highest BCUT2D eigenvalue weighted by Crippen LogP contribution is 2.28. The molecule has 0 bridgehead atoms. The molecular weight excluding hydrogens is 336 g/mol. The highest BCUT2D eigenvalue weighted by Gasteiger charge is 2.22. The maximum atomic E-state index is 13.0. The molecule has 26 heavy (non-hydrogen) atoms. The van der Waals surface area contributed by atoms with E-state index in [2.05, 4.69) is 5.10 Å². The van der Waals surface area contributed by atoms with Crippen LogP contribution in [0.4, 0.5) is 0 Å². The van der Waals surface area contributed by atoms with Gasteiger partial charge in [0, 0.05) is 10.9 Å². The summed E-state index contributed by atoms with van der Waals surface area (Å²) in [7, 11) is 3.01. The lowest BCUT2D eigenvalue weighted by molar-refractivity contribution is 0.0521. The van der Waals surface area contributed by atoms with E-state index in [1.165, 1.54) is 18.9 Å². The molecule has 0 saturated heterocycles. The van der Waals surface area contributed by atoms with Gasteiger partial charge in [-0.1, -0.05) is 18.2 Å². The van der Waals surface area contributed by atoms with E-state index in [9.17, 15) is 9.59 Å². The minimum Gasteiger partial charge on any atom is -0.493 e. The van der Waals surface area contributed by atoms with E-state index >= 15 is 0 Å². The minimum absolute atomic E-state index is 0.108. The van der Waals surface area contributed by atoms with Gasteiger partial charge in [-0.25, -0.2) is 4.79 Å². The van der Waals surface area contributed by atoms with Crippen molar-refractivity contribution < 1.29 is 23.8 Å². The predicted octanol–water partition coefficient (Wildman–Crippen LogP) is 2.92. The minimum atomic E-state index is -0.567. The zero-order valence-corrected chi connectivity index (χ0v) is 14.7. The maximum Gasteiger partial charge on any atom is 0.359 e. The quantitative estimate of drug-likeness (QED) is 0.656. The largest absolute Gasteiger partial charge is 0.493 e. The molecule has 0 amide bonds. The fourth-order valence-corrected chi connectivity index (χ4v) is 2.66. The van der Waals surface area contributed by atoms with Crippen LogP contribution in [0.25, 0.3) is 10.9 Å². The Hall–Kier alpha value is -3.35. The van der Waals surface area contributed by atoms with Gasteiger partial charge in [0.05, 0.1) is 26.3 Å². The lowest BCUT2D eigenvalue weighted by Gasteiger charge is -2.09. The van der Waals surface area contributed by atoms with Crippen molar-refractivity contribution in [2.75, 3.05) is 20.8 Å². The van der Waals surface area contributed by atoms with Crippen molar-refractivity contribution >= 4 is 22.8 Å². The Bertz CT molecular complexity index is 977. The van der Waals surface area contributed by atoms with Crippen LogP contribution in [0.15, 0.2) is 42.5 Å². The number of carbonyl (C=O) groups excluding carboxylic acids is 2. The summed E-state index contributed by atoms with van der Waals surface area (Å²) in [6.07, 6.45) is 0. The molecule has 0 fully saturated rings. The molecule has 0 N–H and O–H groups in total. The Morgan fingerprint density at radius 3 is 2.46 bits per heavy atom. The van der Waals surface area contributed by atoms with Crippen LogP contribution in [0.1, 0.15) is 27.8 Å². The van der Waals surface area contributed by atoms with E-state index in [0.717, 1.165) is 0 Å². The van der Waals surface area contributed by atoms with Crippen LogP contribution < -0.4 is 9.47 Å². The number of nitrogens with zero attached hydrogens (tertiary/aromatic N) is 2. The van der Waals surface area contributed by atoms with Gasteiger partial charge < -0.3 is 14.2 Å². The summed E-state index contributed by atoms with van der Waals surface area (Å²) in [5.41, 5.74) is 0.984. The van der Waals surface area contributed by atoms with E-state index in [4.69, 9.17) is 14.2 Å². The summed E-state index contributed by atoms with van der Waals surface area (Å²) in [6, 6.07) is 11.8. The van der Waals surface area contributed by atoms with E-state index in [1.807, 2.05) is 0 Å². The molecular formula is C19H18N2O5. The third-order valence-electron chi connectivity index (χ3n) is 3.88. The fraction of sp³-hybridized carbons (Fsp3) is 0.211. The lowest BCUT2D eigenvalue weighted by atomic mass is 10.1. The van der Waals surface area contributed by atoms with Crippen molar-refractivity contribution in [3.63, 3.8) is 0 Å². The van der Waals surface area contributed by atoms with Crippen molar-refractivity contribution in [1.29, 1.82) is 0 Å². The van der Waals surface area contributed by atoms with Gasteiger partial charge in [0.25, 0.3) is 5.91 Å². The standard InChI is InChI=1S/C19H18N2O5/c1-4-26-19(23)17-13-7-5-6-8-14(13)21(20-17)18(22)12-9-10-15(24-2)16(11-12)25-3/h5-11H,4H2,1-3H3. The number of fused-ring (bicyclic) bond motifs is 1. The van der Waals surface area contributed by atoms with E-state index in [0.29, 0.717) is 28.0 Å². The molecule has 1 aromatic heterocycles. The normalized spacial score (nSPS) is 10.6. The van der Waals surface area contributed by atoms with Gasteiger partial charge in [0.2, 0.25) is 0 Å². The van der Waals surface area contributed by atoms with Crippen molar-refractivity contribution in [3.8, 4) is 11.5 Å². The van der Waals surface area contributed by atoms with Crippen LogP contribution >= 0.6 is 0 Å². The summed E-state index contributed by atoms with van der Waals surface area (Å²) >= 11 is 0. The number of ether oxygens (including phenoxy) is 3. The van der Waals surface area contributed by atoms with Crippen LogP contribution in [-0.2, 0) is 4.74 Å². The molecule has 7 heteroatoms. The van der Waals surface area contributed by atoms with Gasteiger partial charge in [-0.2, -0.15) is 9.78 Å². The van der Waals surface area contributed by atoms with Gasteiger partial charge in [-0.3, -0.25) is 4.79 Å². The summed E-state index contributed by atoms with van der Waals surface area (Å²) in [5.74, 6) is -0.0118. The van der Waals surface area contributed by atoms with Gasteiger partial charge in [-0.05, 0) is 31.2 Å². The van der Waals surface area contributed by atoms with Gasteiger partial charge in [-0.15, -0.1) is 0 Å². The summed E-state index contributed by atoms with van der Waals surface area (Å²) in [5, 5.41) is 4.76. The van der Waals surface area contributed by atoms with Crippen LogP contribution in [0.3, 0.4) is 0 Å². The van der Waals surface area contributed by atoms with E-state index in [-0.39, 0.29) is 12.3 Å². The molecule has 0 aliphatic carbocycles. The molecule has 0 aliphatic heterocycles. The molecule has 0 saturated carbocycles. The van der Waals surface area contributed by atoms with Crippen LogP contribution in [0.5, 0.6) is 11.5 Å². The lowest BCUT2D eigenvalue weighted by Crippen LogP contribution is -2.15. The maximum absolute atomic E-state index is 13.0. The zero-order valence-electron chi connectivity index (χ0n) is 14.7. The second-order valence-corrected chi connectivity index (χ2v) is 5.37. The van der Waals surface area contributed by atoms with Crippen LogP contribution in [0.2, 0.25) is 0 Å². The van der Waals surface area contributed by atoms with Crippen LogP contribution in [0, 0.1) is 0 Å². The Kier molecular flexibility index (Phi) is 4.88. The monoisotopic (exact) mass is 354 g/mol. The van der Waals surface area contributed by atoms with E-state index in [1.54, 1.807) is 49.4 Å². The number of esters is 1. The third kappa shape index (κ3) is 2.99. The molecule has 7 nitrogen and oxygen atoms in total. The highest BCUT2D eigenvalue weighted by molar-refractivity contribution is 6.07. The number of methoxy groups -OCH3 is 2. The Morgan fingerprint density at radius 1 is 1.04 bits per heavy atom. The molecule has 2 aromatic carbocycles. The predicted molar refractivity (Wildman–Crippen MR) is 95.0 cm³/mol. The van der Waals surface area contributed by atoms with Gasteiger partial charge in [0.1, 0.15) is 0 Å². The second kappa shape index (κ2) is 7.26. The molecule has 3 aromatic rings. The number of para-hydroxylation sites is 1. The number of benzene rings is 2. The fourth-order valence-electron chi connectivity index (χ4n) is 2.66. The van der Waals surface area contributed by atoms with Gasteiger partial charge >= 0.3 is 5.97 Å². The Balaban J connectivity index is 2.10. The first kappa shape index (κ1) is 17.5. The Labute approximate surface area is 150 Å². The van der Waals surface area contributed by atoms with Crippen LogP contribution in [-0.4, -0.2) is 42.5 Å². The number of hydrogen-bond acceptors (Lipinski definition) is 6. The number of aromatic nitrogens is 2. The van der Waals surface area contributed by atoms with Gasteiger partial charge in [0.15, 0.2) is 17.2 Å². The van der Waals surface area contributed by atoms with Crippen molar-refractivity contribution in [3.05, 3.63) is 53.7 Å². The number of hydrogen-bond donors (Lipinski definition) is 0. The molecule has 0 atom stereocenters. The Morgan fingerprint density at radius 2 is 1.77 bits per heavy atom. The van der Waals surface area contributed by atoms with Crippen molar-refractivity contribution in [2.24, 2.45) is 0 Å². The topological polar surface area (TPSA) is 79.7 Å². The van der Waals surface area contributed by atoms with Crippen molar-refractivity contribution in [1.82, 2.24) is 9.78 Å². The molecule has 0 aliphatic rings. The molecule has 134 valence electrons. The SMILES string of the molecule is CCOC(=O)c1nn(C(=O)c2ccc(OC)c(OC)c2)c2ccccc12. The highest BCUT2D eigenvalue weighted by atomic mass is 16.5. The molecule has 3 rings (SSSR count). The first-order valence-corrected chi connectivity index (χ1v) is 8.02. The first-order valence-electron chi connectivity index (χ1n) is 8.02. The second-order valence-electron chi connectivity index (χ2n) is 5.37. The molecule has 0 unspecified atom stereocenters. The summed E-state index contributed by atoms with van der Waals surface area (Å²) in [6.45, 7) is 1.94. The molecule has 1 heterocycles. The first-order chi connectivity index (χ1) is 12.6.